The zero-order valence-electron chi connectivity index (χ0n) is 16.6. The molecule has 2 heterocycles. The van der Waals surface area contributed by atoms with E-state index in [1.54, 1.807) is 37.3 Å². The van der Waals surface area contributed by atoms with E-state index in [1.165, 1.54) is 10.6 Å². The summed E-state index contributed by atoms with van der Waals surface area (Å²) in [7, 11) is -0.201. The molecule has 2 aliphatic rings. The molecule has 2 aliphatic heterocycles. The van der Waals surface area contributed by atoms with E-state index in [0.29, 0.717) is 37.6 Å². The average Bonchev–Trinajstić information content (AvgIpc) is 3.07. The lowest BCUT2D eigenvalue weighted by atomic mass is 9.74. The molecule has 0 bridgehead atoms. The van der Waals surface area contributed by atoms with Crippen molar-refractivity contribution in [1.29, 1.82) is 0 Å². The van der Waals surface area contributed by atoms with Gasteiger partial charge in [0, 0.05) is 37.7 Å². The third kappa shape index (κ3) is 4.11. The van der Waals surface area contributed by atoms with Crippen LogP contribution in [0, 0.1) is 11.3 Å². The van der Waals surface area contributed by atoms with Crippen LogP contribution in [0.25, 0.3) is 0 Å². The Balaban J connectivity index is 1.74. The second-order valence-electron chi connectivity index (χ2n) is 7.77. The van der Waals surface area contributed by atoms with E-state index in [0.717, 1.165) is 5.56 Å². The highest BCUT2D eigenvalue weighted by Gasteiger charge is 2.52. The summed E-state index contributed by atoms with van der Waals surface area (Å²) in [6, 6.07) is 5.35. The van der Waals surface area contributed by atoms with Crippen LogP contribution in [0.4, 0.5) is 0 Å². The first-order chi connectivity index (χ1) is 13.2. The summed E-state index contributed by atoms with van der Waals surface area (Å²) in [5.74, 6) is 1.24. The fourth-order valence-corrected chi connectivity index (χ4v) is 5.22. The number of amides is 1. The van der Waals surface area contributed by atoms with Gasteiger partial charge in [-0.15, -0.1) is 0 Å². The second kappa shape index (κ2) is 7.88. The Morgan fingerprint density at radius 2 is 1.86 bits per heavy atom. The number of likely N-dealkylation sites (tertiary alicyclic amines) is 1. The van der Waals surface area contributed by atoms with E-state index in [9.17, 15) is 18.3 Å². The maximum atomic E-state index is 12.9. The monoisotopic (exact) mass is 412 g/mol. The standard InChI is InChI=1S/C19H28N2O6S/c1-26-16-6-14(7-17(9-16)27-2)8-18(23)20-5-4-15-10-21(28(3,24)25)12-19(15,11-20)13-22/h6-7,9,15,22H,4-5,8,10-13H2,1-3H3/t15-,19+/m1/s1. The molecule has 2 saturated heterocycles. The van der Waals surface area contributed by atoms with Gasteiger partial charge in [-0.3, -0.25) is 4.79 Å². The molecule has 1 aromatic rings. The predicted molar refractivity (Wildman–Crippen MR) is 104 cm³/mol. The van der Waals surface area contributed by atoms with Crippen LogP contribution < -0.4 is 9.47 Å². The van der Waals surface area contributed by atoms with Crippen molar-refractivity contribution in [3.05, 3.63) is 23.8 Å². The van der Waals surface area contributed by atoms with Gasteiger partial charge in [-0.25, -0.2) is 12.7 Å². The van der Waals surface area contributed by atoms with Gasteiger partial charge < -0.3 is 19.5 Å². The number of piperidine rings is 1. The number of hydrogen-bond donors (Lipinski definition) is 1. The van der Waals surface area contributed by atoms with E-state index in [4.69, 9.17) is 9.47 Å². The van der Waals surface area contributed by atoms with Gasteiger partial charge in [0.15, 0.2) is 0 Å². The Kier molecular flexibility index (Phi) is 5.88. The average molecular weight is 413 g/mol. The molecule has 28 heavy (non-hydrogen) atoms. The Morgan fingerprint density at radius 1 is 1.21 bits per heavy atom. The highest BCUT2D eigenvalue weighted by atomic mass is 32.2. The maximum Gasteiger partial charge on any atom is 0.227 e. The Hall–Kier alpha value is -1.84. The first-order valence-corrected chi connectivity index (χ1v) is 11.1. The minimum absolute atomic E-state index is 0.0561. The molecule has 156 valence electrons. The predicted octanol–water partition coefficient (Wildman–Crippen LogP) is 0.349. The SMILES string of the molecule is COc1cc(CC(=O)N2CC[C@@H]3CN(S(C)(=O)=O)C[C@]3(CO)C2)cc(OC)c1. The molecule has 9 heteroatoms. The van der Waals surface area contributed by atoms with Gasteiger partial charge in [-0.1, -0.05) is 0 Å². The summed E-state index contributed by atoms with van der Waals surface area (Å²) in [6.07, 6.45) is 2.06. The summed E-state index contributed by atoms with van der Waals surface area (Å²) in [6.45, 7) is 1.45. The zero-order chi connectivity index (χ0) is 20.5. The topological polar surface area (TPSA) is 96.4 Å². The lowest BCUT2D eigenvalue weighted by Gasteiger charge is -2.43. The highest BCUT2D eigenvalue weighted by Crippen LogP contribution is 2.42. The van der Waals surface area contributed by atoms with Crippen LogP contribution in [0.15, 0.2) is 18.2 Å². The molecule has 2 atom stereocenters. The van der Waals surface area contributed by atoms with Crippen molar-refractivity contribution < 1.29 is 27.8 Å². The fraction of sp³-hybridized carbons (Fsp3) is 0.632. The van der Waals surface area contributed by atoms with Gasteiger partial charge in [-0.05, 0) is 30.0 Å². The molecule has 3 rings (SSSR count). The molecule has 2 fully saturated rings. The number of carbonyl (C=O) groups excluding carboxylic acids is 1. The number of methoxy groups -OCH3 is 2. The third-order valence-corrected chi connectivity index (χ3v) is 7.15. The molecule has 0 saturated carbocycles. The lowest BCUT2D eigenvalue weighted by Crippen LogP contribution is -2.53. The van der Waals surface area contributed by atoms with Gasteiger partial charge in [0.05, 0.1) is 33.5 Å². The van der Waals surface area contributed by atoms with Crippen LogP contribution in [0.1, 0.15) is 12.0 Å². The van der Waals surface area contributed by atoms with Crippen molar-refractivity contribution in [2.24, 2.45) is 11.3 Å². The van der Waals surface area contributed by atoms with Crippen LogP contribution in [-0.2, 0) is 21.2 Å². The summed E-state index contributed by atoms with van der Waals surface area (Å²) in [5.41, 5.74) is 0.189. The molecule has 0 spiro atoms. The zero-order valence-corrected chi connectivity index (χ0v) is 17.4. The molecule has 0 radical (unpaired) electrons. The van der Waals surface area contributed by atoms with Crippen molar-refractivity contribution in [3.63, 3.8) is 0 Å². The first kappa shape index (κ1) is 20.9. The normalized spacial score (nSPS) is 25.4. The number of ether oxygens (including phenoxy) is 2. The minimum Gasteiger partial charge on any atom is -0.497 e. The van der Waals surface area contributed by atoms with Gasteiger partial charge in [0.1, 0.15) is 11.5 Å². The molecule has 1 N–H and O–H groups in total. The molecule has 0 unspecified atom stereocenters. The smallest absolute Gasteiger partial charge is 0.227 e. The molecule has 0 aromatic heterocycles. The van der Waals surface area contributed by atoms with Gasteiger partial charge in [0.25, 0.3) is 0 Å². The van der Waals surface area contributed by atoms with Crippen LogP contribution in [0.2, 0.25) is 0 Å². The van der Waals surface area contributed by atoms with E-state index < -0.39 is 15.4 Å². The quantitative estimate of drug-likeness (QED) is 0.724. The Morgan fingerprint density at radius 3 is 2.39 bits per heavy atom. The third-order valence-electron chi connectivity index (χ3n) is 5.94. The number of sulfonamides is 1. The molecule has 1 aromatic carbocycles. The molecular formula is C19H28N2O6S. The number of fused-ring (bicyclic) bond motifs is 1. The van der Waals surface area contributed by atoms with Gasteiger partial charge in [-0.2, -0.15) is 0 Å². The van der Waals surface area contributed by atoms with E-state index in [2.05, 4.69) is 0 Å². The number of aliphatic hydroxyl groups is 1. The number of rotatable bonds is 6. The van der Waals surface area contributed by atoms with Crippen LogP contribution in [-0.4, -0.2) is 81.9 Å². The van der Waals surface area contributed by atoms with Crippen LogP contribution >= 0.6 is 0 Å². The van der Waals surface area contributed by atoms with Crippen molar-refractivity contribution in [2.45, 2.75) is 12.8 Å². The largest absolute Gasteiger partial charge is 0.497 e. The van der Waals surface area contributed by atoms with Crippen LogP contribution in [0.3, 0.4) is 0 Å². The number of nitrogens with zero attached hydrogens (tertiary/aromatic N) is 2. The van der Waals surface area contributed by atoms with Crippen molar-refractivity contribution in [3.8, 4) is 11.5 Å². The number of aliphatic hydroxyl groups excluding tert-OH is 1. The van der Waals surface area contributed by atoms with E-state index >= 15 is 0 Å². The number of hydrogen-bond acceptors (Lipinski definition) is 6. The highest BCUT2D eigenvalue weighted by molar-refractivity contribution is 7.88. The van der Waals surface area contributed by atoms with Gasteiger partial charge >= 0.3 is 0 Å². The van der Waals surface area contributed by atoms with Crippen molar-refractivity contribution in [1.82, 2.24) is 9.21 Å². The summed E-state index contributed by atoms with van der Waals surface area (Å²) in [5, 5.41) is 10.1. The Bertz CT molecular complexity index is 821. The van der Waals surface area contributed by atoms with Crippen molar-refractivity contribution in [2.75, 3.05) is 53.3 Å². The minimum atomic E-state index is -3.32. The molecular weight excluding hydrogens is 384 g/mol. The molecule has 1 amide bonds. The summed E-state index contributed by atoms with van der Waals surface area (Å²) in [4.78, 5) is 14.7. The maximum absolute atomic E-state index is 12.9. The fourth-order valence-electron chi connectivity index (χ4n) is 4.28. The van der Waals surface area contributed by atoms with E-state index in [-0.39, 0.29) is 31.4 Å². The molecule has 8 nitrogen and oxygen atoms in total. The van der Waals surface area contributed by atoms with Crippen molar-refractivity contribution >= 4 is 15.9 Å². The lowest BCUT2D eigenvalue weighted by molar-refractivity contribution is -0.135. The number of carbonyl (C=O) groups is 1. The van der Waals surface area contributed by atoms with E-state index in [1.807, 2.05) is 0 Å². The first-order valence-electron chi connectivity index (χ1n) is 9.26. The number of benzene rings is 1. The molecule has 0 aliphatic carbocycles. The summed E-state index contributed by atoms with van der Waals surface area (Å²) >= 11 is 0. The Labute approximate surface area is 166 Å². The second-order valence-corrected chi connectivity index (χ2v) is 9.76. The van der Waals surface area contributed by atoms with Gasteiger partial charge in [0.2, 0.25) is 15.9 Å². The summed E-state index contributed by atoms with van der Waals surface area (Å²) < 4.78 is 35.8. The van der Waals surface area contributed by atoms with Crippen LogP contribution in [0.5, 0.6) is 11.5 Å².